The summed E-state index contributed by atoms with van der Waals surface area (Å²) < 4.78 is 0. The summed E-state index contributed by atoms with van der Waals surface area (Å²) in [4.78, 5) is 24.2. The highest BCUT2D eigenvalue weighted by Crippen LogP contribution is 2.22. The van der Waals surface area contributed by atoms with Gasteiger partial charge in [-0.05, 0) is 40.5 Å². The lowest BCUT2D eigenvalue weighted by molar-refractivity contribution is -0.132. The predicted molar refractivity (Wildman–Crippen MR) is 80.1 cm³/mol. The number of carbonyl (C=O) groups excluding carboxylic acids is 2. The number of nitrogens with one attached hydrogen (secondary N) is 2. The van der Waals surface area contributed by atoms with Crippen molar-refractivity contribution in [2.24, 2.45) is 11.7 Å². The molecule has 3 unspecified atom stereocenters. The van der Waals surface area contributed by atoms with E-state index in [1.54, 1.807) is 6.92 Å². The molecule has 1 aliphatic carbocycles. The molecular weight excluding hydrogens is 254 g/mol. The zero-order valence-electron chi connectivity index (χ0n) is 13.2. The van der Waals surface area contributed by atoms with Crippen LogP contribution in [0.3, 0.4) is 0 Å². The molecular formula is C15H29N3O2. The van der Waals surface area contributed by atoms with E-state index in [-0.39, 0.29) is 29.3 Å². The Hall–Kier alpha value is -1.10. The van der Waals surface area contributed by atoms with Crippen molar-refractivity contribution in [1.29, 1.82) is 0 Å². The molecule has 0 radical (unpaired) electrons. The highest BCUT2D eigenvalue weighted by molar-refractivity contribution is 5.88. The Morgan fingerprint density at radius 1 is 1.15 bits per heavy atom. The van der Waals surface area contributed by atoms with Crippen molar-refractivity contribution in [2.45, 2.75) is 77.4 Å². The maximum atomic E-state index is 12.3. The first-order valence-electron chi connectivity index (χ1n) is 7.58. The van der Waals surface area contributed by atoms with Gasteiger partial charge in [-0.2, -0.15) is 0 Å². The van der Waals surface area contributed by atoms with Crippen LogP contribution in [0.15, 0.2) is 0 Å². The van der Waals surface area contributed by atoms with Gasteiger partial charge in [0.2, 0.25) is 11.8 Å². The summed E-state index contributed by atoms with van der Waals surface area (Å²) in [5.74, 6) is -0.411. The molecule has 0 aromatic carbocycles. The Bertz CT molecular complexity index is 350. The van der Waals surface area contributed by atoms with E-state index in [1.807, 2.05) is 20.8 Å². The second-order valence-corrected chi connectivity index (χ2v) is 6.88. The van der Waals surface area contributed by atoms with E-state index in [0.717, 1.165) is 32.1 Å². The molecule has 1 saturated carbocycles. The second-order valence-electron chi connectivity index (χ2n) is 6.88. The van der Waals surface area contributed by atoms with E-state index in [0.29, 0.717) is 0 Å². The van der Waals surface area contributed by atoms with Crippen LogP contribution in [-0.2, 0) is 9.59 Å². The molecule has 0 aromatic heterocycles. The lowest BCUT2D eigenvalue weighted by atomic mass is 9.94. The molecule has 0 spiro atoms. The highest BCUT2D eigenvalue weighted by atomic mass is 16.2. The van der Waals surface area contributed by atoms with Gasteiger partial charge < -0.3 is 16.4 Å². The molecule has 1 rings (SSSR count). The lowest BCUT2D eigenvalue weighted by Crippen LogP contribution is -2.53. The number of carbonyl (C=O) groups is 2. The van der Waals surface area contributed by atoms with Gasteiger partial charge in [0.15, 0.2) is 0 Å². The average molecular weight is 283 g/mol. The third kappa shape index (κ3) is 5.49. The van der Waals surface area contributed by atoms with E-state index in [2.05, 4.69) is 10.6 Å². The van der Waals surface area contributed by atoms with Gasteiger partial charge in [0.25, 0.3) is 0 Å². The number of hydrogen-bond donors (Lipinski definition) is 3. The molecule has 20 heavy (non-hydrogen) atoms. The van der Waals surface area contributed by atoms with Crippen molar-refractivity contribution in [3.8, 4) is 0 Å². The molecule has 0 saturated heterocycles. The normalized spacial score (nSPS) is 25.4. The van der Waals surface area contributed by atoms with Gasteiger partial charge in [0, 0.05) is 11.6 Å². The summed E-state index contributed by atoms with van der Waals surface area (Å²) in [5, 5.41) is 5.67. The molecule has 0 aromatic rings. The minimum atomic E-state index is -0.530. The van der Waals surface area contributed by atoms with Gasteiger partial charge in [0.1, 0.15) is 6.04 Å². The Morgan fingerprint density at radius 2 is 1.75 bits per heavy atom. The molecule has 0 aliphatic heterocycles. The van der Waals surface area contributed by atoms with Gasteiger partial charge in [-0.1, -0.05) is 19.3 Å². The van der Waals surface area contributed by atoms with Crippen molar-refractivity contribution in [3.05, 3.63) is 0 Å². The van der Waals surface area contributed by atoms with Crippen molar-refractivity contribution in [1.82, 2.24) is 10.6 Å². The molecule has 1 fully saturated rings. The van der Waals surface area contributed by atoms with E-state index >= 15 is 0 Å². The first-order chi connectivity index (χ1) is 9.20. The van der Waals surface area contributed by atoms with E-state index in [1.165, 1.54) is 0 Å². The van der Waals surface area contributed by atoms with E-state index in [9.17, 15) is 9.59 Å². The fourth-order valence-corrected chi connectivity index (χ4v) is 2.53. The fraction of sp³-hybridized carbons (Fsp3) is 0.867. The molecule has 116 valence electrons. The number of rotatable bonds is 3. The van der Waals surface area contributed by atoms with E-state index < -0.39 is 6.04 Å². The van der Waals surface area contributed by atoms with Crippen LogP contribution in [0.2, 0.25) is 0 Å². The molecule has 5 heteroatoms. The zero-order chi connectivity index (χ0) is 15.3. The van der Waals surface area contributed by atoms with Crippen LogP contribution in [0.4, 0.5) is 0 Å². The zero-order valence-corrected chi connectivity index (χ0v) is 13.2. The van der Waals surface area contributed by atoms with Gasteiger partial charge in [-0.15, -0.1) is 0 Å². The standard InChI is InChI=1S/C15H29N3O2/c1-10(13(19)18-15(2,3)4)17-14(20)11-8-6-5-7-9-12(11)16/h10-12H,5-9,16H2,1-4H3,(H,17,20)(H,18,19). The van der Waals surface area contributed by atoms with Crippen LogP contribution in [-0.4, -0.2) is 29.4 Å². The second kappa shape index (κ2) is 7.07. The van der Waals surface area contributed by atoms with Crippen LogP contribution in [0, 0.1) is 5.92 Å². The first kappa shape index (κ1) is 17.0. The maximum Gasteiger partial charge on any atom is 0.242 e. The van der Waals surface area contributed by atoms with Crippen LogP contribution in [0.25, 0.3) is 0 Å². The summed E-state index contributed by atoms with van der Waals surface area (Å²) in [6.45, 7) is 7.46. The van der Waals surface area contributed by atoms with Gasteiger partial charge in [-0.25, -0.2) is 0 Å². The van der Waals surface area contributed by atoms with E-state index in [4.69, 9.17) is 5.73 Å². The lowest BCUT2D eigenvalue weighted by Gasteiger charge is -2.26. The third-order valence-corrected chi connectivity index (χ3v) is 3.66. The Labute approximate surface area is 122 Å². The minimum Gasteiger partial charge on any atom is -0.350 e. The van der Waals surface area contributed by atoms with Crippen LogP contribution in [0.5, 0.6) is 0 Å². The molecule has 4 N–H and O–H groups in total. The van der Waals surface area contributed by atoms with Gasteiger partial charge in [0.05, 0.1) is 5.92 Å². The van der Waals surface area contributed by atoms with Crippen LogP contribution >= 0.6 is 0 Å². The number of hydrogen-bond acceptors (Lipinski definition) is 3. The third-order valence-electron chi connectivity index (χ3n) is 3.66. The minimum absolute atomic E-state index is 0.0871. The summed E-state index contributed by atoms with van der Waals surface area (Å²) in [7, 11) is 0. The van der Waals surface area contributed by atoms with Gasteiger partial charge in [-0.3, -0.25) is 9.59 Å². The molecule has 0 bridgehead atoms. The Morgan fingerprint density at radius 3 is 2.35 bits per heavy atom. The number of nitrogens with two attached hydrogens (primary N) is 1. The molecule has 0 heterocycles. The molecule has 5 nitrogen and oxygen atoms in total. The van der Waals surface area contributed by atoms with Crippen LogP contribution < -0.4 is 16.4 Å². The summed E-state index contributed by atoms with van der Waals surface area (Å²) in [6.07, 6.45) is 4.97. The first-order valence-corrected chi connectivity index (χ1v) is 7.58. The van der Waals surface area contributed by atoms with Crippen LogP contribution in [0.1, 0.15) is 59.8 Å². The molecule has 1 aliphatic rings. The molecule has 3 atom stereocenters. The van der Waals surface area contributed by atoms with Crippen molar-refractivity contribution in [2.75, 3.05) is 0 Å². The predicted octanol–water partition coefficient (Wildman–Crippen LogP) is 1.31. The van der Waals surface area contributed by atoms with Gasteiger partial charge >= 0.3 is 0 Å². The van der Waals surface area contributed by atoms with Crippen molar-refractivity contribution in [3.63, 3.8) is 0 Å². The fourth-order valence-electron chi connectivity index (χ4n) is 2.53. The SMILES string of the molecule is CC(NC(=O)C1CCCCCC1N)C(=O)NC(C)(C)C. The summed E-state index contributed by atoms with van der Waals surface area (Å²) >= 11 is 0. The smallest absolute Gasteiger partial charge is 0.242 e. The maximum absolute atomic E-state index is 12.3. The van der Waals surface area contributed by atoms with Crippen molar-refractivity contribution < 1.29 is 9.59 Å². The van der Waals surface area contributed by atoms with Crippen molar-refractivity contribution >= 4 is 11.8 Å². The largest absolute Gasteiger partial charge is 0.350 e. The summed E-state index contributed by atoms with van der Waals surface area (Å²) in [5.41, 5.74) is 5.78. The molecule has 2 amide bonds. The number of amides is 2. The Balaban J connectivity index is 2.53. The monoisotopic (exact) mass is 283 g/mol. The topological polar surface area (TPSA) is 84.2 Å². The Kier molecular flexibility index (Phi) is 5.99. The summed E-state index contributed by atoms with van der Waals surface area (Å²) in [6, 6.07) is -0.618. The quantitative estimate of drug-likeness (QED) is 0.683. The average Bonchev–Trinajstić information content (AvgIpc) is 2.51. The highest BCUT2D eigenvalue weighted by Gasteiger charge is 2.29.